The number of halogens is 3. The molecule has 2 unspecified atom stereocenters. The standard InChI is InChI=1S/C15H21F3NO6PS/c1-5-24-13(20)14(15(16,17)18,26(4,21)25-11(2)3)19-27(22,23)12-9-7-6-8-10-12/h6-11,19H,5H2,1-4H3. The zero-order chi connectivity index (χ0) is 21.1. The number of esters is 1. The van der Waals surface area contributed by atoms with Crippen LogP contribution in [0.3, 0.4) is 0 Å². The lowest BCUT2D eigenvalue weighted by Crippen LogP contribution is -2.64. The van der Waals surface area contributed by atoms with Gasteiger partial charge in [-0.25, -0.2) is 13.2 Å². The van der Waals surface area contributed by atoms with Crippen molar-refractivity contribution in [1.82, 2.24) is 4.72 Å². The number of nitrogens with one attached hydrogen (secondary N) is 1. The average Bonchev–Trinajstić information content (AvgIpc) is 2.51. The smallest absolute Gasteiger partial charge is 0.427 e. The minimum atomic E-state index is -5.61. The van der Waals surface area contributed by atoms with E-state index in [9.17, 15) is 30.9 Å². The van der Waals surface area contributed by atoms with Crippen molar-refractivity contribution < 1.29 is 40.2 Å². The van der Waals surface area contributed by atoms with Gasteiger partial charge in [0.25, 0.3) is 0 Å². The largest absolute Gasteiger partial charge is 0.464 e. The van der Waals surface area contributed by atoms with Gasteiger partial charge in [0.05, 0.1) is 17.6 Å². The van der Waals surface area contributed by atoms with E-state index in [-0.39, 0.29) is 0 Å². The molecule has 0 radical (unpaired) electrons. The van der Waals surface area contributed by atoms with Crippen LogP contribution in [0.4, 0.5) is 13.2 Å². The van der Waals surface area contributed by atoms with E-state index in [0.29, 0.717) is 6.66 Å². The molecule has 0 heterocycles. The molecule has 0 fully saturated rings. The highest BCUT2D eigenvalue weighted by Crippen LogP contribution is 2.62. The number of hydrogen-bond donors (Lipinski definition) is 1. The van der Waals surface area contributed by atoms with Crippen molar-refractivity contribution in [2.75, 3.05) is 13.3 Å². The monoisotopic (exact) mass is 431 g/mol. The summed E-state index contributed by atoms with van der Waals surface area (Å²) in [5.41, 5.74) is 0. The predicted octanol–water partition coefficient (Wildman–Crippen LogP) is 3.12. The number of ether oxygens (including phenoxy) is 1. The van der Waals surface area contributed by atoms with Gasteiger partial charge in [-0.1, -0.05) is 18.2 Å². The molecule has 0 saturated carbocycles. The van der Waals surface area contributed by atoms with Crippen molar-refractivity contribution in [3.05, 3.63) is 30.3 Å². The summed E-state index contributed by atoms with van der Waals surface area (Å²) in [7, 11) is -9.91. The number of benzene rings is 1. The summed E-state index contributed by atoms with van der Waals surface area (Å²) in [6, 6.07) is 6.07. The Hall–Kier alpha value is -1.42. The second-order valence-electron chi connectivity index (χ2n) is 5.85. The fraction of sp³-hybridized carbons (Fsp3) is 0.533. The van der Waals surface area contributed by atoms with Crippen LogP contribution in [0.5, 0.6) is 0 Å². The number of sulfonamides is 1. The zero-order valence-electron chi connectivity index (χ0n) is 15.1. The number of carbonyl (C=O) groups is 1. The minimum absolute atomic E-state index is 0.495. The second kappa shape index (κ2) is 8.30. The normalized spacial score (nSPS) is 17.2. The Labute approximate surface area is 155 Å². The summed E-state index contributed by atoms with van der Waals surface area (Å²) in [5, 5.41) is -4.10. The van der Waals surface area contributed by atoms with Crippen LogP contribution in [0.1, 0.15) is 20.8 Å². The van der Waals surface area contributed by atoms with Gasteiger partial charge in [-0.05, 0) is 32.9 Å². The second-order valence-corrected chi connectivity index (χ2v) is 10.1. The zero-order valence-corrected chi connectivity index (χ0v) is 16.8. The highest BCUT2D eigenvalue weighted by molar-refractivity contribution is 7.90. The Bertz CT molecular complexity index is 813. The van der Waals surface area contributed by atoms with E-state index >= 15 is 0 Å². The van der Waals surface area contributed by atoms with Crippen LogP contribution < -0.4 is 4.72 Å². The lowest BCUT2D eigenvalue weighted by molar-refractivity contribution is -0.192. The maximum atomic E-state index is 14.1. The Kier molecular flexibility index (Phi) is 7.26. The SMILES string of the molecule is CCOC(=O)C(NS(=O)(=O)c1ccccc1)(C(F)(F)F)P(C)(=O)OC(C)C. The molecule has 0 saturated heterocycles. The van der Waals surface area contributed by atoms with E-state index in [1.165, 1.54) is 43.7 Å². The molecule has 1 N–H and O–H groups in total. The topological polar surface area (TPSA) is 98.8 Å². The van der Waals surface area contributed by atoms with Crippen LogP contribution in [0.25, 0.3) is 0 Å². The van der Waals surface area contributed by atoms with Crippen LogP contribution in [0.2, 0.25) is 0 Å². The lowest BCUT2D eigenvalue weighted by Gasteiger charge is -2.38. The van der Waals surface area contributed by atoms with E-state index in [4.69, 9.17) is 4.52 Å². The Morgan fingerprint density at radius 2 is 1.74 bits per heavy atom. The molecule has 0 aliphatic carbocycles. The molecule has 154 valence electrons. The molecule has 1 aromatic rings. The third-order valence-corrected chi connectivity index (χ3v) is 7.55. The summed E-state index contributed by atoms with van der Waals surface area (Å²) in [4.78, 5) is 11.8. The molecule has 0 aliphatic heterocycles. The lowest BCUT2D eigenvalue weighted by atomic mass is 10.3. The van der Waals surface area contributed by atoms with Gasteiger partial charge in [-0.2, -0.15) is 17.9 Å². The number of carbonyl (C=O) groups excluding carboxylic acids is 1. The van der Waals surface area contributed by atoms with Crippen LogP contribution in [0, 0.1) is 0 Å². The van der Waals surface area contributed by atoms with E-state index < -0.39 is 52.4 Å². The van der Waals surface area contributed by atoms with Crippen molar-refractivity contribution in [2.45, 2.75) is 43.2 Å². The summed E-state index contributed by atoms with van der Waals surface area (Å²) < 4.78 is 90.8. The van der Waals surface area contributed by atoms with E-state index in [1.54, 1.807) is 0 Å². The molecule has 0 aromatic heterocycles. The first kappa shape index (κ1) is 23.6. The molecule has 0 bridgehead atoms. The maximum absolute atomic E-state index is 14.1. The predicted molar refractivity (Wildman–Crippen MR) is 91.9 cm³/mol. The summed E-state index contributed by atoms with van der Waals surface area (Å²) in [6.07, 6.45) is -6.60. The van der Waals surface area contributed by atoms with E-state index in [0.717, 1.165) is 12.1 Å². The highest BCUT2D eigenvalue weighted by atomic mass is 32.2. The van der Waals surface area contributed by atoms with Gasteiger partial charge in [0, 0.05) is 6.66 Å². The molecule has 12 heteroatoms. The number of alkyl halides is 3. The van der Waals surface area contributed by atoms with Gasteiger partial charge < -0.3 is 9.26 Å². The molecule has 0 amide bonds. The van der Waals surface area contributed by atoms with Crippen LogP contribution >= 0.6 is 7.37 Å². The maximum Gasteiger partial charge on any atom is 0.427 e. The third kappa shape index (κ3) is 4.90. The summed E-state index contributed by atoms with van der Waals surface area (Å²) >= 11 is 0. The van der Waals surface area contributed by atoms with Gasteiger partial charge in [-0.3, -0.25) is 4.57 Å². The van der Waals surface area contributed by atoms with E-state index in [2.05, 4.69) is 4.74 Å². The average molecular weight is 431 g/mol. The summed E-state index contributed by atoms with van der Waals surface area (Å²) in [6.45, 7) is 3.88. The first-order valence-electron chi connectivity index (χ1n) is 7.80. The molecule has 7 nitrogen and oxygen atoms in total. The van der Waals surface area contributed by atoms with Gasteiger partial charge in [0.2, 0.25) is 17.4 Å². The van der Waals surface area contributed by atoms with Crippen LogP contribution in [0.15, 0.2) is 35.2 Å². The molecule has 1 aromatic carbocycles. The van der Waals surface area contributed by atoms with Crippen molar-refractivity contribution in [2.24, 2.45) is 0 Å². The fourth-order valence-electron chi connectivity index (χ4n) is 2.26. The molecular weight excluding hydrogens is 410 g/mol. The molecule has 0 aliphatic rings. The number of rotatable bonds is 8. The molecule has 1 rings (SSSR count). The fourth-order valence-corrected chi connectivity index (χ4v) is 6.33. The molecule has 27 heavy (non-hydrogen) atoms. The summed E-state index contributed by atoms with van der Waals surface area (Å²) in [5.74, 6) is -2.05. The quantitative estimate of drug-likeness (QED) is 0.502. The molecular formula is C15H21F3NO6PS. The third-order valence-electron chi connectivity index (χ3n) is 3.34. The minimum Gasteiger partial charge on any atom is -0.464 e. The Balaban J connectivity index is 3.71. The first-order chi connectivity index (χ1) is 12.2. The van der Waals surface area contributed by atoms with Crippen LogP contribution in [-0.2, 0) is 28.6 Å². The van der Waals surface area contributed by atoms with Crippen molar-refractivity contribution in [3.63, 3.8) is 0 Å². The van der Waals surface area contributed by atoms with Gasteiger partial charge in [0.15, 0.2) is 0 Å². The molecule has 0 spiro atoms. The van der Waals surface area contributed by atoms with Gasteiger partial charge in [-0.15, -0.1) is 0 Å². The molecule has 2 atom stereocenters. The van der Waals surface area contributed by atoms with Crippen molar-refractivity contribution >= 4 is 23.4 Å². The Morgan fingerprint density at radius 1 is 1.22 bits per heavy atom. The van der Waals surface area contributed by atoms with Gasteiger partial charge in [0.1, 0.15) is 0 Å². The van der Waals surface area contributed by atoms with Crippen LogP contribution in [-0.4, -0.2) is 45.2 Å². The highest BCUT2D eigenvalue weighted by Gasteiger charge is 2.73. The Morgan fingerprint density at radius 3 is 2.15 bits per heavy atom. The van der Waals surface area contributed by atoms with Crippen molar-refractivity contribution in [1.29, 1.82) is 0 Å². The van der Waals surface area contributed by atoms with E-state index in [1.807, 2.05) is 0 Å². The van der Waals surface area contributed by atoms with Gasteiger partial charge >= 0.3 is 17.4 Å². The first-order valence-corrected chi connectivity index (χ1v) is 11.4. The number of hydrogen-bond acceptors (Lipinski definition) is 6. The van der Waals surface area contributed by atoms with Crippen molar-refractivity contribution in [3.8, 4) is 0 Å².